The Balaban J connectivity index is 1.89. The second-order valence-electron chi connectivity index (χ2n) is 4.71. The first-order valence-corrected chi connectivity index (χ1v) is 6.10. The first-order chi connectivity index (χ1) is 8.59. The fourth-order valence-corrected chi connectivity index (χ4v) is 1.88. The Kier molecular flexibility index (Phi) is 3.93. The number of hydrogen-bond acceptors (Lipinski definition) is 4. The van der Waals surface area contributed by atoms with E-state index in [0.29, 0.717) is 31.6 Å². The highest BCUT2D eigenvalue weighted by Gasteiger charge is 2.30. The molecular weight excluding hydrogens is 232 g/mol. The fraction of sp³-hybridized carbons (Fsp3) is 0.538. The summed E-state index contributed by atoms with van der Waals surface area (Å²) in [5, 5.41) is 12.9. The fourth-order valence-electron chi connectivity index (χ4n) is 1.88. The largest absolute Gasteiger partial charge is 0.388 e. The first kappa shape index (κ1) is 13.0. The summed E-state index contributed by atoms with van der Waals surface area (Å²) in [7, 11) is 0. The van der Waals surface area contributed by atoms with Gasteiger partial charge in [-0.3, -0.25) is 9.78 Å². The average Bonchev–Trinajstić information content (AvgIpc) is 2.38. The molecule has 0 aromatic carbocycles. The quantitative estimate of drug-likeness (QED) is 0.826. The lowest BCUT2D eigenvalue weighted by atomic mass is 9.94. The molecule has 1 fully saturated rings. The third-order valence-electron chi connectivity index (χ3n) is 3.18. The van der Waals surface area contributed by atoms with Gasteiger partial charge in [-0.2, -0.15) is 0 Å². The van der Waals surface area contributed by atoms with Gasteiger partial charge in [0.1, 0.15) is 0 Å². The molecule has 98 valence electrons. The molecule has 1 amide bonds. The number of aryl methyl sites for hydroxylation is 1. The van der Waals surface area contributed by atoms with E-state index in [9.17, 15) is 9.90 Å². The summed E-state index contributed by atoms with van der Waals surface area (Å²) in [5.41, 5.74) is 0.539. The van der Waals surface area contributed by atoms with Gasteiger partial charge in [0.2, 0.25) is 0 Å². The van der Waals surface area contributed by atoms with E-state index in [1.165, 1.54) is 0 Å². The maximum atomic E-state index is 11.8. The summed E-state index contributed by atoms with van der Waals surface area (Å²) < 4.78 is 5.19. The molecule has 0 aliphatic carbocycles. The Morgan fingerprint density at radius 1 is 1.50 bits per heavy atom. The van der Waals surface area contributed by atoms with Crippen molar-refractivity contribution in [1.82, 2.24) is 10.3 Å². The van der Waals surface area contributed by atoms with Crippen LogP contribution in [0.4, 0.5) is 0 Å². The SMILES string of the molecule is Cc1ccc(C(=O)NCC2(O)CCOCC2)cn1. The molecule has 0 radical (unpaired) electrons. The van der Waals surface area contributed by atoms with E-state index in [-0.39, 0.29) is 12.5 Å². The molecule has 0 unspecified atom stereocenters. The lowest BCUT2D eigenvalue weighted by Gasteiger charge is -2.32. The molecule has 5 heteroatoms. The van der Waals surface area contributed by atoms with Gasteiger partial charge in [-0.15, -0.1) is 0 Å². The molecule has 0 spiro atoms. The van der Waals surface area contributed by atoms with Crippen LogP contribution in [0.3, 0.4) is 0 Å². The highest BCUT2D eigenvalue weighted by Crippen LogP contribution is 2.19. The van der Waals surface area contributed by atoms with Crippen LogP contribution < -0.4 is 5.32 Å². The molecule has 1 aromatic rings. The smallest absolute Gasteiger partial charge is 0.252 e. The summed E-state index contributed by atoms with van der Waals surface area (Å²) >= 11 is 0. The van der Waals surface area contributed by atoms with Crippen LogP contribution in [0.1, 0.15) is 28.9 Å². The minimum atomic E-state index is -0.841. The van der Waals surface area contributed by atoms with Crippen molar-refractivity contribution in [3.05, 3.63) is 29.6 Å². The number of amides is 1. The number of ether oxygens (including phenoxy) is 1. The van der Waals surface area contributed by atoms with Gasteiger partial charge >= 0.3 is 0 Å². The summed E-state index contributed by atoms with van der Waals surface area (Å²) in [4.78, 5) is 15.9. The molecule has 0 atom stereocenters. The van der Waals surface area contributed by atoms with Gasteiger partial charge in [0.15, 0.2) is 0 Å². The van der Waals surface area contributed by atoms with Crippen molar-refractivity contribution < 1.29 is 14.6 Å². The highest BCUT2D eigenvalue weighted by atomic mass is 16.5. The van der Waals surface area contributed by atoms with Crippen LogP contribution in [0.5, 0.6) is 0 Å². The number of nitrogens with one attached hydrogen (secondary N) is 1. The van der Waals surface area contributed by atoms with Crippen LogP contribution >= 0.6 is 0 Å². The number of aliphatic hydroxyl groups is 1. The van der Waals surface area contributed by atoms with Gasteiger partial charge in [-0.1, -0.05) is 0 Å². The molecule has 2 rings (SSSR count). The Labute approximate surface area is 106 Å². The normalized spacial score (nSPS) is 18.3. The second-order valence-corrected chi connectivity index (χ2v) is 4.71. The number of carbonyl (C=O) groups is 1. The standard InChI is InChI=1S/C13H18N2O3/c1-10-2-3-11(8-14-10)12(16)15-9-13(17)4-6-18-7-5-13/h2-3,8,17H,4-7,9H2,1H3,(H,15,16). The van der Waals surface area contributed by atoms with E-state index in [1.807, 2.05) is 6.92 Å². The predicted molar refractivity (Wildman–Crippen MR) is 66.3 cm³/mol. The van der Waals surface area contributed by atoms with Gasteiger partial charge in [0, 0.05) is 44.5 Å². The second kappa shape index (κ2) is 5.46. The van der Waals surface area contributed by atoms with Crippen molar-refractivity contribution in [2.45, 2.75) is 25.4 Å². The Morgan fingerprint density at radius 3 is 2.83 bits per heavy atom. The zero-order valence-corrected chi connectivity index (χ0v) is 10.5. The molecule has 1 aromatic heterocycles. The van der Waals surface area contributed by atoms with Gasteiger partial charge in [0.05, 0.1) is 11.2 Å². The zero-order chi connectivity index (χ0) is 13.0. The lowest BCUT2D eigenvalue weighted by molar-refractivity contribution is -0.0605. The Hall–Kier alpha value is -1.46. The molecule has 1 saturated heterocycles. The summed E-state index contributed by atoms with van der Waals surface area (Å²) in [6, 6.07) is 3.52. The van der Waals surface area contributed by atoms with Crippen LogP contribution in [-0.2, 0) is 4.74 Å². The van der Waals surface area contributed by atoms with Crippen LogP contribution in [0.15, 0.2) is 18.3 Å². The van der Waals surface area contributed by atoms with Crippen LogP contribution in [0.2, 0.25) is 0 Å². The van der Waals surface area contributed by atoms with Crippen LogP contribution in [0.25, 0.3) is 0 Å². The van der Waals surface area contributed by atoms with E-state index in [2.05, 4.69) is 10.3 Å². The molecule has 0 bridgehead atoms. The van der Waals surface area contributed by atoms with Crippen molar-refractivity contribution in [3.8, 4) is 0 Å². The maximum Gasteiger partial charge on any atom is 0.252 e. The summed E-state index contributed by atoms with van der Waals surface area (Å²) in [6.07, 6.45) is 2.65. The van der Waals surface area contributed by atoms with Gasteiger partial charge in [0.25, 0.3) is 5.91 Å². The minimum absolute atomic E-state index is 0.206. The van der Waals surface area contributed by atoms with Crippen molar-refractivity contribution in [2.24, 2.45) is 0 Å². The van der Waals surface area contributed by atoms with E-state index in [1.54, 1.807) is 18.3 Å². The molecule has 1 aliphatic rings. The van der Waals surface area contributed by atoms with E-state index in [4.69, 9.17) is 4.74 Å². The van der Waals surface area contributed by atoms with E-state index < -0.39 is 5.60 Å². The molecule has 2 N–H and O–H groups in total. The van der Waals surface area contributed by atoms with Crippen molar-refractivity contribution in [3.63, 3.8) is 0 Å². The van der Waals surface area contributed by atoms with Crippen LogP contribution in [-0.4, -0.2) is 41.4 Å². The topological polar surface area (TPSA) is 71.5 Å². The zero-order valence-electron chi connectivity index (χ0n) is 10.5. The average molecular weight is 250 g/mol. The third-order valence-corrected chi connectivity index (χ3v) is 3.18. The molecule has 2 heterocycles. The molecular formula is C13H18N2O3. The number of carbonyl (C=O) groups excluding carboxylic acids is 1. The molecule has 5 nitrogen and oxygen atoms in total. The third kappa shape index (κ3) is 3.27. The number of pyridine rings is 1. The van der Waals surface area contributed by atoms with Crippen molar-refractivity contribution in [2.75, 3.05) is 19.8 Å². The Bertz CT molecular complexity index is 411. The van der Waals surface area contributed by atoms with Gasteiger partial charge in [-0.25, -0.2) is 0 Å². The van der Waals surface area contributed by atoms with E-state index in [0.717, 1.165) is 5.69 Å². The van der Waals surface area contributed by atoms with Crippen molar-refractivity contribution in [1.29, 1.82) is 0 Å². The molecule has 0 saturated carbocycles. The molecule has 1 aliphatic heterocycles. The monoisotopic (exact) mass is 250 g/mol. The predicted octanol–water partition coefficient (Wildman–Crippen LogP) is 0.661. The van der Waals surface area contributed by atoms with E-state index >= 15 is 0 Å². The van der Waals surface area contributed by atoms with Crippen LogP contribution in [0, 0.1) is 6.92 Å². The maximum absolute atomic E-state index is 11.8. The number of nitrogens with zero attached hydrogens (tertiary/aromatic N) is 1. The summed E-state index contributed by atoms with van der Waals surface area (Å²) in [6.45, 7) is 3.20. The van der Waals surface area contributed by atoms with Gasteiger partial charge < -0.3 is 15.2 Å². The van der Waals surface area contributed by atoms with Crippen molar-refractivity contribution >= 4 is 5.91 Å². The number of rotatable bonds is 3. The minimum Gasteiger partial charge on any atom is -0.388 e. The first-order valence-electron chi connectivity index (χ1n) is 6.10. The van der Waals surface area contributed by atoms with Gasteiger partial charge in [-0.05, 0) is 19.1 Å². The Morgan fingerprint density at radius 2 is 2.22 bits per heavy atom. The summed E-state index contributed by atoms with van der Waals surface area (Å²) in [5.74, 6) is -0.206. The highest BCUT2D eigenvalue weighted by molar-refractivity contribution is 5.93. The molecule has 18 heavy (non-hydrogen) atoms. The number of hydrogen-bond donors (Lipinski definition) is 2. The lowest BCUT2D eigenvalue weighted by Crippen LogP contribution is -2.46. The number of aromatic nitrogens is 1.